The van der Waals surface area contributed by atoms with Gasteiger partial charge in [0.25, 0.3) is 0 Å². The molecule has 0 spiro atoms. The molecule has 0 fully saturated rings. The lowest BCUT2D eigenvalue weighted by atomic mass is 10.0. The summed E-state index contributed by atoms with van der Waals surface area (Å²) in [5.41, 5.74) is 2.63. The van der Waals surface area contributed by atoms with Gasteiger partial charge in [0, 0.05) is 12.1 Å². The van der Waals surface area contributed by atoms with Crippen molar-refractivity contribution in [3.8, 4) is 22.3 Å². The van der Waals surface area contributed by atoms with Gasteiger partial charge in [-0.3, -0.25) is 0 Å². The first kappa shape index (κ1) is 12.2. The number of hydrogen-bond acceptors (Lipinski definition) is 4. The van der Waals surface area contributed by atoms with Crippen molar-refractivity contribution in [2.45, 2.75) is 0 Å². The largest absolute Gasteiger partial charge is 0.431 e. The predicted octanol–water partition coefficient (Wildman–Crippen LogP) is 2.93. The van der Waals surface area contributed by atoms with Crippen LogP contribution >= 0.6 is 0 Å². The standard InChI is InChI=1S/C16H10O4/c17-15-9-13(5-7-19-15)11-1-2-12(4-3-11)14-6-8-20-16(18)10-14/h1-10H. The topological polar surface area (TPSA) is 60.4 Å². The average Bonchev–Trinajstić information content (AvgIpc) is 2.47. The van der Waals surface area contributed by atoms with Gasteiger partial charge in [-0.2, -0.15) is 0 Å². The molecule has 4 heteroatoms. The molecule has 0 saturated carbocycles. The van der Waals surface area contributed by atoms with Gasteiger partial charge in [-0.15, -0.1) is 0 Å². The summed E-state index contributed by atoms with van der Waals surface area (Å²) in [6.07, 6.45) is 2.74. The quantitative estimate of drug-likeness (QED) is 0.715. The lowest BCUT2D eigenvalue weighted by Crippen LogP contribution is -1.96. The summed E-state index contributed by atoms with van der Waals surface area (Å²) in [5.74, 6) is 0. The Hall–Kier alpha value is -2.88. The molecule has 98 valence electrons. The molecule has 3 rings (SSSR count). The molecule has 0 N–H and O–H groups in total. The Kier molecular flexibility index (Phi) is 3.05. The Balaban J connectivity index is 2.00. The van der Waals surface area contributed by atoms with E-state index in [4.69, 9.17) is 8.83 Å². The van der Waals surface area contributed by atoms with E-state index in [0.717, 1.165) is 22.3 Å². The average molecular weight is 266 g/mol. The number of benzene rings is 1. The van der Waals surface area contributed by atoms with E-state index < -0.39 is 0 Å². The first-order chi connectivity index (χ1) is 9.72. The van der Waals surface area contributed by atoms with Gasteiger partial charge in [0.15, 0.2) is 0 Å². The summed E-state index contributed by atoms with van der Waals surface area (Å²) in [5, 5.41) is 0. The van der Waals surface area contributed by atoms with E-state index in [1.165, 1.54) is 24.7 Å². The molecule has 0 radical (unpaired) electrons. The fourth-order valence-electron chi connectivity index (χ4n) is 1.98. The van der Waals surface area contributed by atoms with Gasteiger partial charge in [0.05, 0.1) is 12.5 Å². The normalized spacial score (nSPS) is 10.4. The third kappa shape index (κ3) is 2.44. The highest BCUT2D eigenvalue weighted by Crippen LogP contribution is 2.23. The van der Waals surface area contributed by atoms with Crippen LogP contribution in [0.15, 0.2) is 79.5 Å². The Morgan fingerprint density at radius 3 is 1.30 bits per heavy atom. The van der Waals surface area contributed by atoms with Crippen LogP contribution in [-0.4, -0.2) is 0 Å². The van der Waals surface area contributed by atoms with Gasteiger partial charge in [-0.25, -0.2) is 9.59 Å². The van der Waals surface area contributed by atoms with E-state index >= 15 is 0 Å². The molecule has 3 aromatic rings. The van der Waals surface area contributed by atoms with E-state index in [2.05, 4.69) is 0 Å². The molecule has 0 atom stereocenters. The van der Waals surface area contributed by atoms with Crippen molar-refractivity contribution in [3.05, 3.63) is 81.9 Å². The highest BCUT2D eigenvalue weighted by molar-refractivity contribution is 5.69. The zero-order valence-corrected chi connectivity index (χ0v) is 10.4. The van der Waals surface area contributed by atoms with Crippen LogP contribution in [-0.2, 0) is 0 Å². The third-order valence-electron chi connectivity index (χ3n) is 2.96. The second-order valence-corrected chi connectivity index (χ2v) is 4.26. The number of rotatable bonds is 2. The smallest absolute Gasteiger partial charge is 0.336 e. The van der Waals surface area contributed by atoms with E-state index in [1.54, 1.807) is 12.1 Å². The maximum atomic E-state index is 11.2. The fourth-order valence-corrected chi connectivity index (χ4v) is 1.98. The Labute approximate surface area is 113 Å². The minimum atomic E-state index is -0.382. The molecule has 1 aromatic carbocycles. The molecule has 2 aromatic heterocycles. The molecule has 0 aliphatic carbocycles. The van der Waals surface area contributed by atoms with E-state index in [9.17, 15) is 9.59 Å². The SMILES string of the molecule is O=c1cc(-c2ccc(-c3ccoc(=O)c3)cc2)cco1. The lowest BCUT2D eigenvalue weighted by molar-refractivity contribution is 0.511. The van der Waals surface area contributed by atoms with Crippen molar-refractivity contribution >= 4 is 0 Å². The summed E-state index contributed by atoms with van der Waals surface area (Å²) < 4.78 is 9.39. The highest BCUT2D eigenvalue weighted by atomic mass is 16.4. The van der Waals surface area contributed by atoms with E-state index in [1.807, 2.05) is 24.3 Å². The summed E-state index contributed by atoms with van der Waals surface area (Å²) >= 11 is 0. The summed E-state index contributed by atoms with van der Waals surface area (Å²) in [6, 6.07) is 13.9. The maximum absolute atomic E-state index is 11.2. The molecule has 0 aliphatic heterocycles. The van der Waals surface area contributed by atoms with Crippen LogP contribution in [0.3, 0.4) is 0 Å². The molecule has 4 nitrogen and oxygen atoms in total. The highest BCUT2D eigenvalue weighted by Gasteiger charge is 2.02. The van der Waals surface area contributed by atoms with Gasteiger partial charge in [0.2, 0.25) is 0 Å². The molecular formula is C16H10O4. The summed E-state index contributed by atoms with van der Waals surface area (Å²) in [4.78, 5) is 22.4. The molecular weight excluding hydrogens is 256 g/mol. The second-order valence-electron chi connectivity index (χ2n) is 4.26. The third-order valence-corrected chi connectivity index (χ3v) is 2.96. The van der Waals surface area contributed by atoms with Gasteiger partial charge in [-0.05, 0) is 34.4 Å². The molecule has 0 unspecified atom stereocenters. The molecule has 2 heterocycles. The van der Waals surface area contributed by atoms with Crippen LogP contribution < -0.4 is 11.3 Å². The Morgan fingerprint density at radius 2 is 0.950 bits per heavy atom. The molecule has 0 bridgehead atoms. The second kappa shape index (κ2) is 5.01. The minimum Gasteiger partial charge on any atom is -0.431 e. The maximum Gasteiger partial charge on any atom is 0.336 e. The van der Waals surface area contributed by atoms with Gasteiger partial charge in [-0.1, -0.05) is 24.3 Å². The molecule has 20 heavy (non-hydrogen) atoms. The van der Waals surface area contributed by atoms with Gasteiger partial charge < -0.3 is 8.83 Å². The van der Waals surface area contributed by atoms with Crippen molar-refractivity contribution in [2.24, 2.45) is 0 Å². The van der Waals surface area contributed by atoms with E-state index in [0.29, 0.717) is 0 Å². The minimum absolute atomic E-state index is 0.382. The first-order valence-corrected chi connectivity index (χ1v) is 6.01. The van der Waals surface area contributed by atoms with Gasteiger partial charge in [0.1, 0.15) is 0 Å². The Morgan fingerprint density at radius 1 is 0.550 bits per heavy atom. The van der Waals surface area contributed by atoms with Gasteiger partial charge >= 0.3 is 11.3 Å². The van der Waals surface area contributed by atoms with Crippen LogP contribution in [0.1, 0.15) is 0 Å². The lowest BCUT2D eigenvalue weighted by Gasteiger charge is -2.03. The van der Waals surface area contributed by atoms with E-state index in [-0.39, 0.29) is 11.3 Å². The molecule has 0 amide bonds. The zero-order valence-electron chi connectivity index (χ0n) is 10.4. The first-order valence-electron chi connectivity index (χ1n) is 6.01. The number of hydrogen-bond donors (Lipinski definition) is 0. The van der Waals surface area contributed by atoms with Crippen molar-refractivity contribution in [2.75, 3.05) is 0 Å². The van der Waals surface area contributed by atoms with Crippen LogP contribution in [0.4, 0.5) is 0 Å². The monoisotopic (exact) mass is 266 g/mol. The van der Waals surface area contributed by atoms with Crippen molar-refractivity contribution in [1.82, 2.24) is 0 Å². The van der Waals surface area contributed by atoms with Crippen LogP contribution in [0.25, 0.3) is 22.3 Å². The predicted molar refractivity (Wildman–Crippen MR) is 74.4 cm³/mol. The van der Waals surface area contributed by atoms with Crippen LogP contribution in [0, 0.1) is 0 Å². The molecule has 0 aliphatic rings. The van der Waals surface area contributed by atoms with Crippen molar-refractivity contribution in [3.63, 3.8) is 0 Å². The fraction of sp³-hybridized carbons (Fsp3) is 0. The zero-order chi connectivity index (χ0) is 13.9. The summed E-state index contributed by atoms with van der Waals surface area (Å²) in [6.45, 7) is 0. The Bertz CT molecular complexity index is 768. The van der Waals surface area contributed by atoms with Crippen LogP contribution in [0.5, 0.6) is 0 Å². The van der Waals surface area contributed by atoms with Crippen molar-refractivity contribution in [1.29, 1.82) is 0 Å². The summed E-state index contributed by atoms with van der Waals surface area (Å²) in [7, 11) is 0. The van der Waals surface area contributed by atoms with Crippen LogP contribution in [0.2, 0.25) is 0 Å². The molecule has 0 saturated heterocycles. The van der Waals surface area contributed by atoms with Crippen molar-refractivity contribution < 1.29 is 8.83 Å².